The van der Waals surface area contributed by atoms with Crippen LogP contribution in [0, 0.1) is 6.92 Å². The largest absolute Gasteiger partial charge is 0.477 e. The highest BCUT2D eigenvalue weighted by molar-refractivity contribution is 5.35. The first-order valence-corrected chi connectivity index (χ1v) is 5.51. The van der Waals surface area contributed by atoms with E-state index in [-0.39, 0.29) is 0 Å². The van der Waals surface area contributed by atoms with Gasteiger partial charge < -0.3 is 4.74 Å². The fourth-order valence-corrected chi connectivity index (χ4v) is 1.69. The molecule has 0 aliphatic rings. The van der Waals surface area contributed by atoms with Gasteiger partial charge in [-0.15, -0.1) is 5.10 Å². The second-order valence-electron chi connectivity index (χ2n) is 3.73. The molecule has 0 aliphatic heterocycles. The fourth-order valence-electron chi connectivity index (χ4n) is 1.69. The van der Waals surface area contributed by atoms with E-state index < -0.39 is 0 Å². The Morgan fingerprint density at radius 2 is 2.00 bits per heavy atom. The van der Waals surface area contributed by atoms with Gasteiger partial charge in [0, 0.05) is 17.7 Å². The maximum atomic E-state index is 5.49. The highest BCUT2D eigenvalue weighted by Gasteiger charge is 2.11. The highest BCUT2D eigenvalue weighted by atomic mass is 16.5. The zero-order valence-corrected chi connectivity index (χ0v) is 9.66. The maximum absolute atomic E-state index is 5.49. The summed E-state index contributed by atoms with van der Waals surface area (Å²) in [5.74, 6) is 0.726. The summed E-state index contributed by atoms with van der Waals surface area (Å²) >= 11 is 0. The van der Waals surface area contributed by atoms with Gasteiger partial charge in [0.2, 0.25) is 5.88 Å². The molecule has 16 heavy (non-hydrogen) atoms. The quantitative estimate of drug-likeness (QED) is 0.853. The van der Waals surface area contributed by atoms with Crippen LogP contribution in [0.1, 0.15) is 23.7 Å². The Bertz CT molecular complexity index is 448. The number of aromatic amines is 1. The molecule has 0 saturated heterocycles. The van der Waals surface area contributed by atoms with Crippen molar-refractivity contribution in [1.82, 2.24) is 10.2 Å². The summed E-state index contributed by atoms with van der Waals surface area (Å²) in [6.07, 6.45) is 0.860. The number of ether oxygens (including phenoxy) is 1. The minimum atomic E-state index is 0.645. The van der Waals surface area contributed by atoms with Crippen molar-refractivity contribution in [3.05, 3.63) is 47.2 Å². The Hall–Kier alpha value is -1.77. The molecule has 3 nitrogen and oxygen atoms in total. The third kappa shape index (κ3) is 2.24. The van der Waals surface area contributed by atoms with Crippen LogP contribution in [0.25, 0.3) is 0 Å². The zero-order valence-electron chi connectivity index (χ0n) is 9.66. The fraction of sp³-hybridized carbons (Fsp3) is 0.308. The number of nitrogens with one attached hydrogen (secondary N) is 1. The molecule has 0 saturated carbocycles. The molecule has 2 rings (SSSR count). The topological polar surface area (TPSA) is 37.9 Å². The number of benzene rings is 1. The first kappa shape index (κ1) is 10.7. The molecule has 0 atom stereocenters. The number of aryl methyl sites for hydroxylation is 1. The number of rotatable bonds is 4. The lowest BCUT2D eigenvalue weighted by molar-refractivity contribution is 0.323. The average molecular weight is 216 g/mol. The van der Waals surface area contributed by atoms with Gasteiger partial charge in [0.15, 0.2) is 0 Å². The van der Waals surface area contributed by atoms with Crippen molar-refractivity contribution in [2.75, 3.05) is 6.61 Å². The molecule has 0 aliphatic carbocycles. The van der Waals surface area contributed by atoms with Gasteiger partial charge in [0.05, 0.1) is 6.61 Å². The highest BCUT2D eigenvalue weighted by Crippen LogP contribution is 2.21. The molecule has 0 radical (unpaired) electrons. The molecule has 3 heteroatoms. The summed E-state index contributed by atoms with van der Waals surface area (Å²) in [5.41, 5.74) is 3.49. The van der Waals surface area contributed by atoms with Crippen LogP contribution < -0.4 is 4.74 Å². The molecular weight excluding hydrogens is 200 g/mol. The smallest absolute Gasteiger partial charge is 0.236 e. The number of H-pyrrole nitrogens is 1. The monoisotopic (exact) mass is 216 g/mol. The molecule has 0 bridgehead atoms. The van der Waals surface area contributed by atoms with Crippen LogP contribution in [0.5, 0.6) is 5.88 Å². The summed E-state index contributed by atoms with van der Waals surface area (Å²) < 4.78 is 5.49. The number of aromatic nitrogens is 2. The summed E-state index contributed by atoms with van der Waals surface area (Å²) in [6.45, 7) is 4.64. The molecule has 1 aromatic heterocycles. The lowest BCUT2D eigenvalue weighted by Crippen LogP contribution is -1.97. The number of hydrogen-bond donors (Lipinski definition) is 1. The van der Waals surface area contributed by atoms with E-state index in [0.29, 0.717) is 6.61 Å². The van der Waals surface area contributed by atoms with Crippen LogP contribution in [-0.2, 0) is 6.42 Å². The molecule has 1 heterocycles. The third-order valence-electron chi connectivity index (χ3n) is 2.54. The van der Waals surface area contributed by atoms with Gasteiger partial charge in [-0.25, -0.2) is 0 Å². The summed E-state index contributed by atoms with van der Waals surface area (Å²) in [6, 6.07) is 10.3. The van der Waals surface area contributed by atoms with Crippen LogP contribution >= 0.6 is 0 Å². The van der Waals surface area contributed by atoms with Crippen LogP contribution in [0.2, 0.25) is 0 Å². The van der Waals surface area contributed by atoms with Gasteiger partial charge >= 0.3 is 0 Å². The minimum Gasteiger partial charge on any atom is -0.477 e. The van der Waals surface area contributed by atoms with E-state index in [1.807, 2.05) is 32.0 Å². The van der Waals surface area contributed by atoms with Crippen molar-refractivity contribution < 1.29 is 4.74 Å². The second kappa shape index (κ2) is 4.84. The molecule has 0 amide bonds. The maximum Gasteiger partial charge on any atom is 0.236 e. The van der Waals surface area contributed by atoms with Crippen molar-refractivity contribution >= 4 is 0 Å². The van der Waals surface area contributed by atoms with E-state index in [1.54, 1.807) is 0 Å². The summed E-state index contributed by atoms with van der Waals surface area (Å²) in [7, 11) is 0. The van der Waals surface area contributed by atoms with Crippen LogP contribution in [0.15, 0.2) is 30.3 Å². The normalized spacial score (nSPS) is 10.4. The van der Waals surface area contributed by atoms with E-state index >= 15 is 0 Å². The van der Waals surface area contributed by atoms with E-state index in [1.165, 1.54) is 5.56 Å². The molecule has 0 spiro atoms. The van der Waals surface area contributed by atoms with Crippen LogP contribution in [-0.4, -0.2) is 16.8 Å². The van der Waals surface area contributed by atoms with E-state index in [2.05, 4.69) is 22.3 Å². The van der Waals surface area contributed by atoms with Crippen molar-refractivity contribution in [3.8, 4) is 5.88 Å². The van der Waals surface area contributed by atoms with Crippen LogP contribution in [0.3, 0.4) is 0 Å². The first-order valence-electron chi connectivity index (χ1n) is 5.51. The third-order valence-corrected chi connectivity index (χ3v) is 2.54. The van der Waals surface area contributed by atoms with E-state index in [4.69, 9.17) is 4.74 Å². The van der Waals surface area contributed by atoms with Gasteiger partial charge in [-0.1, -0.05) is 30.3 Å². The summed E-state index contributed by atoms with van der Waals surface area (Å²) in [5, 5.41) is 7.12. The first-order chi connectivity index (χ1) is 7.81. The molecule has 84 valence electrons. The Labute approximate surface area is 95.5 Å². The Balaban J connectivity index is 2.23. The van der Waals surface area contributed by atoms with Crippen molar-refractivity contribution in [2.45, 2.75) is 20.3 Å². The van der Waals surface area contributed by atoms with Gasteiger partial charge in [-0.3, -0.25) is 5.10 Å². The average Bonchev–Trinajstić information content (AvgIpc) is 2.64. The van der Waals surface area contributed by atoms with Gasteiger partial charge in [-0.05, 0) is 19.4 Å². The Morgan fingerprint density at radius 1 is 1.25 bits per heavy atom. The van der Waals surface area contributed by atoms with Crippen LogP contribution in [0.4, 0.5) is 0 Å². The zero-order chi connectivity index (χ0) is 11.4. The molecule has 2 aromatic rings. The van der Waals surface area contributed by atoms with Gasteiger partial charge in [0.25, 0.3) is 0 Å². The van der Waals surface area contributed by atoms with Crippen molar-refractivity contribution in [3.63, 3.8) is 0 Å². The number of nitrogens with zero attached hydrogens (tertiary/aromatic N) is 1. The predicted molar refractivity (Wildman–Crippen MR) is 63.7 cm³/mol. The van der Waals surface area contributed by atoms with E-state index in [9.17, 15) is 0 Å². The predicted octanol–water partition coefficient (Wildman–Crippen LogP) is 2.71. The molecular formula is C13H16N2O. The standard InChI is InChI=1S/C13H16N2O/c1-3-16-13-12(10(2)14-15-13)9-11-7-5-4-6-8-11/h4-8H,3,9H2,1-2H3,(H,14,15). The van der Waals surface area contributed by atoms with Crippen molar-refractivity contribution in [2.24, 2.45) is 0 Å². The van der Waals surface area contributed by atoms with E-state index in [0.717, 1.165) is 23.6 Å². The Morgan fingerprint density at radius 3 is 2.69 bits per heavy atom. The summed E-state index contributed by atoms with van der Waals surface area (Å²) in [4.78, 5) is 0. The molecule has 1 N–H and O–H groups in total. The Kier molecular flexibility index (Phi) is 3.25. The molecule has 1 aromatic carbocycles. The van der Waals surface area contributed by atoms with Gasteiger partial charge in [0.1, 0.15) is 0 Å². The SMILES string of the molecule is CCOc1n[nH]c(C)c1Cc1ccccc1. The lowest BCUT2D eigenvalue weighted by atomic mass is 10.1. The minimum absolute atomic E-state index is 0.645. The lowest BCUT2D eigenvalue weighted by Gasteiger charge is -2.04. The van der Waals surface area contributed by atoms with Gasteiger partial charge in [-0.2, -0.15) is 0 Å². The second-order valence-corrected chi connectivity index (χ2v) is 3.73. The molecule has 0 unspecified atom stereocenters. The molecule has 0 fully saturated rings. The number of hydrogen-bond acceptors (Lipinski definition) is 2. The van der Waals surface area contributed by atoms with Crippen molar-refractivity contribution in [1.29, 1.82) is 0 Å².